The van der Waals surface area contributed by atoms with Gasteiger partial charge in [0.25, 0.3) is 0 Å². The summed E-state index contributed by atoms with van der Waals surface area (Å²) < 4.78 is 45.0. The van der Waals surface area contributed by atoms with E-state index in [9.17, 15) is 13.2 Å². The maximum absolute atomic E-state index is 13.1. The third kappa shape index (κ3) is 4.15. The second kappa shape index (κ2) is 7.20. The molecule has 1 aromatic carbocycles. The van der Waals surface area contributed by atoms with Gasteiger partial charge in [-0.1, -0.05) is 30.7 Å². The average Bonchev–Trinajstić information content (AvgIpc) is 2.76. The Hall–Kier alpha value is -0.780. The maximum Gasteiger partial charge on any atom is 0.418 e. The molecule has 1 N–H and O–H groups in total. The van der Waals surface area contributed by atoms with Crippen LogP contribution >= 0.6 is 11.6 Å². The predicted octanol–water partition coefficient (Wildman–Crippen LogP) is 4.51. The van der Waals surface area contributed by atoms with Gasteiger partial charge >= 0.3 is 6.18 Å². The van der Waals surface area contributed by atoms with Gasteiger partial charge in [-0.15, -0.1) is 0 Å². The Bertz CT molecular complexity index is 507. The molecule has 1 aliphatic carbocycles. The van der Waals surface area contributed by atoms with Gasteiger partial charge in [-0.3, -0.25) is 0 Å². The van der Waals surface area contributed by atoms with Crippen LogP contribution in [0.5, 0.6) is 0 Å². The number of nitrogens with one attached hydrogen (secondary N) is 1. The third-order valence-corrected chi connectivity index (χ3v) is 4.64. The summed E-state index contributed by atoms with van der Waals surface area (Å²) in [5, 5.41) is 2.87. The normalized spacial score (nSPS) is 25.6. The van der Waals surface area contributed by atoms with Crippen molar-refractivity contribution in [3.63, 3.8) is 0 Å². The number of halogens is 4. The minimum atomic E-state index is -4.46. The molecule has 6 heteroatoms. The van der Waals surface area contributed by atoms with Gasteiger partial charge in [0, 0.05) is 0 Å². The Kier molecular flexibility index (Phi) is 5.75. The molecule has 0 radical (unpaired) electrons. The summed E-state index contributed by atoms with van der Waals surface area (Å²) >= 11 is 5.71. The Morgan fingerprint density at radius 2 is 2.05 bits per heavy atom. The third-order valence-electron chi connectivity index (χ3n) is 4.33. The number of hydrogen-bond donors (Lipinski definition) is 1. The summed E-state index contributed by atoms with van der Waals surface area (Å²) in [6.45, 7) is 3.01. The SMILES string of the molecule is CNC[C@@H]1C[C@@H](OCc2cccc(Cl)c2C(F)(F)F)C[C@@H]1C. The lowest BCUT2D eigenvalue weighted by atomic mass is 9.98. The van der Waals surface area contributed by atoms with Gasteiger partial charge in [-0.2, -0.15) is 13.2 Å². The zero-order chi connectivity index (χ0) is 16.3. The first-order valence-electron chi connectivity index (χ1n) is 7.43. The highest BCUT2D eigenvalue weighted by Crippen LogP contribution is 2.38. The van der Waals surface area contributed by atoms with Crippen molar-refractivity contribution < 1.29 is 17.9 Å². The van der Waals surface area contributed by atoms with Crippen molar-refractivity contribution in [3.05, 3.63) is 34.3 Å². The van der Waals surface area contributed by atoms with Crippen molar-refractivity contribution in [1.82, 2.24) is 5.32 Å². The minimum Gasteiger partial charge on any atom is -0.374 e. The summed E-state index contributed by atoms with van der Waals surface area (Å²) in [7, 11) is 1.91. The molecule has 0 bridgehead atoms. The van der Waals surface area contributed by atoms with Crippen LogP contribution in [-0.4, -0.2) is 19.7 Å². The number of hydrogen-bond acceptors (Lipinski definition) is 2. The molecule has 0 amide bonds. The van der Waals surface area contributed by atoms with Crippen LogP contribution in [0.4, 0.5) is 13.2 Å². The molecule has 1 fully saturated rings. The monoisotopic (exact) mass is 335 g/mol. The van der Waals surface area contributed by atoms with E-state index in [1.807, 2.05) is 7.05 Å². The van der Waals surface area contributed by atoms with Crippen molar-refractivity contribution in [2.75, 3.05) is 13.6 Å². The molecule has 1 saturated carbocycles. The Morgan fingerprint density at radius 3 is 2.68 bits per heavy atom. The summed E-state index contributed by atoms with van der Waals surface area (Å²) in [6, 6.07) is 4.21. The van der Waals surface area contributed by atoms with Crippen LogP contribution < -0.4 is 5.32 Å². The van der Waals surface area contributed by atoms with Gasteiger partial charge in [0.15, 0.2) is 0 Å². The molecule has 22 heavy (non-hydrogen) atoms. The van der Waals surface area contributed by atoms with E-state index in [4.69, 9.17) is 16.3 Å². The molecule has 0 aromatic heterocycles. The molecule has 0 saturated heterocycles. The van der Waals surface area contributed by atoms with Crippen LogP contribution in [0.2, 0.25) is 5.02 Å². The number of rotatable bonds is 5. The van der Waals surface area contributed by atoms with Gasteiger partial charge in [0.05, 0.1) is 23.3 Å². The quantitative estimate of drug-likeness (QED) is 0.854. The summed E-state index contributed by atoms with van der Waals surface area (Å²) in [5.74, 6) is 1.02. The topological polar surface area (TPSA) is 21.3 Å². The second-order valence-corrected chi connectivity index (χ2v) is 6.38. The highest BCUT2D eigenvalue weighted by atomic mass is 35.5. The molecule has 1 aromatic rings. The van der Waals surface area contributed by atoms with Crippen LogP contribution in [0.15, 0.2) is 18.2 Å². The smallest absolute Gasteiger partial charge is 0.374 e. The summed E-state index contributed by atoms with van der Waals surface area (Å²) in [6.07, 6.45) is -2.69. The maximum atomic E-state index is 13.1. The van der Waals surface area contributed by atoms with Crippen LogP contribution in [-0.2, 0) is 17.5 Å². The van der Waals surface area contributed by atoms with E-state index in [1.165, 1.54) is 18.2 Å². The van der Waals surface area contributed by atoms with E-state index >= 15 is 0 Å². The van der Waals surface area contributed by atoms with Crippen molar-refractivity contribution in [2.24, 2.45) is 11.8 Å². The van der Waals surface area contributed by atoms with E-state index in [-0.39, 0.29) is 23.3 Å². The molecule has 2 rings (SSSR count). The molecule has 0 unspecified atom stereocenters. The molecule has 0 aliphatic heterocycles. The van der Waals surface area contributed by atoms with Crippen molar-refractivity contribution in [1.29, 1.82) is 0 Å². The Morgan fingerprint density at radius 1 is 1.32 bits per heavy atom. The fraction of sp³-hybridized carbons (Fsp3) is 0.625. The fourth-order valence-electron chi connectivity index (χ4n) is 3.17. The van der Waals surface area contributed by atoms with Gasteiger partial charge in [0.1, 0.15) is 0 Å². The zero-order valence-corrected chi connectivity index (χ0v) is 13.5. The lowest BCUT2D eigenvalue weighted by molar-refractivity contribution is -0.139. The number of alkyl halides is 3. The standard InChI is InChI=1S/C16H21ClF3NO/c1-10-6-13(7-12(10)8-21-2)22-9-11-4-3-5-14(17)15(11)16(18,19)20/h3-5,10,12-13,21H,6-9H2,1-2H3/t10-,12-,13-/m0/s1. The number of ether oxygens (including phenoxy) is 1. The van der Waals surface area contributed by atoms with Gasteiger partial charge in [-0.05, 0) is 49.9 Å². The summed E-state index contributed by atoms with van der Waals surface area (Å²) in [5.41, 5.74) is -0.681. The lowest BCUT2D eigenvalue weighted by Gasteiger charge is -2.17. The van der Waals surface area contributed by atoms with E-state index in [2.05, 4.69) is 12.2 Å². The second-order valence-electron chi connectivity index (χ2n) is 5.97. The van der Waals surface area contributed by atoms with Gasteiger partial charge < -0.3 is 10.1 Å². The first-order chi connectivity index (χ1) is 10.3. The first kappa shape index (κ1) is 17.6. The van der Waals surface area contributed by atoms with Crippen LogP contribution in [0.3, 0.4) is 0 Å². The number of benzene rings is 1. The van der Waals surface area contributed by atoms with Crippen LogP contribution in [0.1, 0.15) is 30.9 Å². The molecule has 2 nitrogen and oxygen atoms in total. The van der Waals surface area contributed by atoms with E-state index in [0.29, 0.717) is 11.8 Å². The predicted molar refractivity (Wildman–Crippen MR) is 80.8 cm³/mol. The molecular formula is C16H21ClF3NO. The first-order valence-corrected chi connectivity index (χ1v) is 7.81. The molecule has 0 heterocycles. The highest BCUT2D eigenvalue weighted by Gasteiger charge is 2.36. The fourth-order valence-corrected chi connectivity index (χ4v) is 3.47. The van der Waals surface area contributed by atoms with Crippen LogP contribution in [0.25, 0.3) is 0 Å². The minimum absolute atomic E-state index is 0.00779. The van der Waals surface area contributed by atoms with E-state index in [1.54, 1.807) is 0 Å². The Balaban J connectivity index is 2.03. The van der Waals surface area contributed by atoms with E-state index < -0.39 is 11.7 Å². The highest BCUT2D eigenvalue weighted by molar-refractivity contribution is 6.31. The van der Waals surface area contributed by atoms with Crippen LogP contribution in [0, 0.1) is 11.8 Å². The average molecular weight is 336 g/mol. The van der Waals surface area contributed by atoms with Gasteiger partial charge in [-0.25, -0.2) is 0 Å². The molecular weight excluding hydrogens is 315 g/mol. The zero-order valence-electron chi connectivity index (χ0n) is 12.7. The Labute approximate surface area is 134 Å². The van der Waals surface area contributed by atoms with Gasteiger partial charge in [0.2, 0.25) is 0 Å². The molecule has 0 spiro atoms. The largest absolute Gasteiger partial charge is 0.418 e. The van der Waals surface area contributed by atoms with Crippen molar-refractivity contribution in [2.45, 2.75) is 38.7 Å². The lowest BCUT2D eigenvalue weighted by Crippen LogP contribution is -2.20. The molecule has 3 atom stereocenters. The summed E-state index contributed by atoms with van der Waals surface area (Å²) in [4.78, 5) is 0. The molecule has 124 valence electrons. The van der Waals surface area contributed by atoms with E-state index in [0.717, 1.165) is 19.4 Å². The van der Waals surface area contributed by atoms with Crippen molar-refractivity contribution in [3.8, 4) is 0 Å². The van der Waals surface area contributed by atoms with Crippen molar-refractivity contribution >= 4 is 11.6 Å². The molecule has 1 aliphatic rings.